The number of alkyl carbamates (subject to hydrolysis) is 1. The molecular formula is C28H39NO8. The van der Waals surface area contributed by atoms with Crippen molar-refractivity contribution >= 4 is 12.1 Å². The number of cyclic esters (lactones) is 1. The fourth-order valence-electron chi connectivity index (χ4n) is 3.33. The largest absolute Gasteiger partial charge is 0.455 e. The number of carbonyl (C=O) groups is 2. The second kappa shape index (κ2) is 16.0. The zero-order valence-corrected chi connectivity index (χ0v) is 22.0. The number of benzene rings is 1. The van der Waals surface area contributed by atoms with Crippen molar-refractivity contribution in [1.82, 2.24) is 5.32 Å². The molecule has 204 valence electrons. The predicted molar refractivity (Wildman–Crippen MR) is 139 cm³/mol. The lowest BCUT2D eigenvalue weighted by molar-refractivity contribution is -0.175. The van der Waals surface area contributed by atoms with Gasteiger partial charge in [-0.25, -0.2) is 9.59 Å². The monoisotopic (exact) mass is 517 g/mol. The maximum atomic E-state index is 13.1. The average molecular weight is 518 g/mol. The second-order valence-electron chi connectivity index (χ2n) is 9.28. The van der Waals surface area contributed by atoms with E-state index < -0.39 is 36.4 Å². The molecule has 0 aromatic heterocycles. The lowest BCUT2D eigenvalue weighted by Gasteiger charge is -2.32. The molecule has 1 aliphatic rings. The van der Waals surface area contributed by atoms with Gasteiger partial charge in [-0.15, -0.1) is 0 Å². The third-order valence-electron chi connectivity index (χ3n) is 5.05. The van der Waals surface area contributed by atoms with Crippen molar-refractivity contribution in [3.63, 3.8) is 0 Å². The van der Waals surface area contributed by atoms with Crippen LogP contribution in [0.15, 0.2) is 66.8 Å². The quantitative estimate of drug-likeness (QED) is 0.312. The van der Waals surface area contributed by atoms with Crippen LogP contribution >= 0.6 is 0 Å². The van der Waals surface area contributed by atoms with Crippen LogP contribution in [0.2, 0.25) is 0 Å². The van der Waals surface area contributed by atoms with E-state index in [4.69, 9.17) is 28.4 Å². The summed E-state index contributed by atoms with van der Waals surface area (Å²) in [6.07, 6.45) is -2.96. The summed E-state index contributed by atoms with van der Waals surface area (Å²) in [6.45, 7) is 17.9. The van der Waals surface area contributed by atoms with E-state index >= 15 is 0 Å². The Kier molecular flexibility index (Phi) is 13.1. The van der Waals surface area contributed by atoms with Gasteiger partial charge in [-0.3, -0.25) is 0 Å². The highest BCUT2D eigenvalue weighted by Crippen LogP contribution is 2.19. The van der Waals surface area contributed by atoms with Crippen molar-refractivity contribution in [3.05, 3.63) is 72.4 Å². The number of carbonyl (C=O) groups excluding carboxylic acids is 2. The van der Waals surface area contributed by atoms with Crippen molar-refractivity contribution in [1.29, 1.82) is 0 Å². The van der Waals surface area contributed by atoms with Gasteiger partial charge in [0.15, 0.2) is 12.1 Å². The smallest absolute Gasteiger partial charge is 0.408 e. The lowest BCUT2D eigenvalue weighted by atomic mass is 10.1. The number of rotatable bonds is 13. The van der Waals surface area contributed by atoms with Gasteiger partial charge in [0.1, 0.15) is 18.8 Å². The summed E-state index contributed by atoms with van der Waals surface area (Å²) in [5.74, 6) is -0.704. The van der Waals surface area contributed by atoms with Crippen molar-refractivity contribution in [2.75, 3.05) is 39.6 Å². The number of esters is 1. The van der Waals surface area contributed by atoms with Gasteiger partial charge in [0.2, 0.25) is 0 Å². The number of hydrogen-bond donors (Lipinski definition) is 1. The number of hydrogen-bond acceptors (Lipinski definition) is 8. The number of amides is 1. The van der Waals surface area contributed by atoms with Crippen LogP contribution in [0.4, 0.5) is 4.79 Å². The molecule has 0 spiro atoms. The van der Waals surface area contributed by atoms with Crippen LogP contribution in [0.3, 0.4) is 0 Å². The lowest BCUT2D eigenvalue weighted by Crippen LogP contribution is -2.49. The van der Waals surface area contributed by atoms with Crippen LogP contribution in [0.1, 0.15) is 26.3 Å². The maximum Gasteiger partial charge on any atom is 0.408 e. The Bertz CT molecular complexity index is 916. The number of nitrogens with one attached hydrogen (secondary N) is 1. The molecule has 1 amide bonds. The van der Waals surface area contributed by atoms with Crippen LogP contribution < -0.4 is 5.32 Å². The van der Waals surface area contributed by atoms with Gasteiger partial charge >= 0.3 is 12.1 Å². The Labute approximate surface area is 219 Å². The Morgan fingerprint density at radius 1 is 0.973 bits per heavy atom. The summed E-state index contributed by atoms with van der Waals surface area (Å²) in [7, 11) is 0. The van der Waals surface area contributed by atoms with E-state index in [1.54, 1.807) is 0 Å². The third-order valence-corrected chi connectivity index (χ3v) is 5.05. The molecular weight excluding hydrogens is 478 g/mol. The molecule has 2 rings (SSSR count). The molecule has 9 nitrogen and oxygen atoms in total. The highest BCUT2D eigenvalue weighted by atomic mass is 16.6. The Morgan fingerprint density at radius 2 is 1.62 bits per heavy atom. The molecule has 4 atom stereocenters. The molecule has 37 heavy (non-hydrogen) atoms. The van der Waals surface area contributed by atoms with E-state index in [2.05, 4.69) is 25.1 Å². The minimum Gasteiger partial charge on any atom is -0.455 e. The molecule has 1 aromatic rings. The summed E-state index contributed by atoms with van der Waals surface area (Å²) in [4.78, 5) is 25.5. The van der Waals surface area contributed by atoms with Crippen LogP contribution in [0.25, 0.3) is 0 Å². The van der Waals surface area contributed by atoms with Crippen LogP contribution in [-0.2, 0) is 39.8 Å². The fourth-order valence-corrected chi connectivity index (χ4v) is 3.33. The van der Waals surface area contributed by atoms with Crippen LogP contribution in [0.5, 0.6) is 0 Å². The van der Waals surface area contributed by atoms with Crippen molar-refractivity contribution in [2.24, 2.45) is 0 Å². The standard InChI is InChI=1S/C28H39NO8/c1-19(2)12-32-18-25-26(35-14-21(5)6)24(34-13-20(3)4)17-33-16-23(27(30)37-25)29-28(31)36-15-22-10-8-7-9-11-22/h7-11,23-26H,1,3,5,12-18H2,2,4,6H3,(H,29,31)/t23-,24+,25-,26-/m1/s1. The molecule has 0 radical (unpaired) electrons. The van der Waals surface area contributed by atoms with Crippen molar-refractivity contribution in [2.45, 2.75) is 51.7 Å². The summed E-state index contributed by atoms with van der Waals surface area (Å²) in [6, 6.07) is 8.11. The molecule has 1 aliphatic heterocycles. The fraction of sp³-hybridized carbons (Fsp3) is 0.500. The predicted octanol–water partition coefficient (Wildman–Crippen LogP) is 3.74. The summed E-state index contributed by atoms with van der Waals surface area (Å²) >= 11 is 0. The molecule has 1 N–H and O–H groups in total. The van der Waals surface area contributed by atoms with Gasteiger partial charge in [-0.2, -0.15) is 0 Å². The Hall–Kier alpha value is -2.98. The maximum absolute atomic E-state index is 13.1. The number of ether oxygens (including phenoxy) is 6. The minimum atomic E-state index is -1.10. The van der Waals surface area contributed by atoms with Crippen molar-refractivity contribution < 1.29 is 38.0 Å². The highest BCUT2D eigenvalue weighted by Gasteiger charge is 2.38. The highest BCUT2D eigenvalue weighted by molar-refractivity contribution is 5.81. The Morgan fingerprint density at radius 3 is 2.27 bits per heavy atom. The van der Waals surface area contributed by atoms with E-state index in [-0.39, 0.29) is 46.2 Å². The van der Waals surface area contributed by atoms with E-state index in [1.807, 2.05) is 51.1 Å². The van der Waals surface area contributed by atoms with Crippen LogP contribution in [-0.4, -0.2) is 76.1 Å². The molecule has 0 saturated carbocycles. The Balaban J connectivity index is 2.17. The van der Waals surface area contributed by atoms with Gasteiger partial charge < -0.3 is 33.7 Å². The zero-order valence-electron chi connectivity index (χ0n) is 22.0. The van der Waals surface area contributed by atoms with Gasteiger partial charge in [0, 0.05) is 0 Å². The molecule has 0 unspecified atom stereocenters. The minimum absolute atomic E-state index is 0.0254. The third kappa shape index (κ3) is 11.7. The first-order valence-electron chi connectivity index (χ1n) is 12.1. The average Bonchev–Trinajstić information content (AvgIpc) is 2.89. The molecule has 1 fully saturated rings. The van der Waals surface area contributed by atoms with E-state index in [0.29, 0.717) is 0 Å². The van der Waals surface area contributed by atoms with Gasteiger partial charge in [-0.1, -0.05) is 66.8 Å². The molecule has 1 heterocycles. The van der Waals surface area contributed by atoms with Gasteiger partial charge in [-0.05, 0) is 26.3 Å². The first-order chi connectivity index (χ1) is 17.7. The molecule has 9 heteroatoms. The first kappa shape index (κ1) is 30.2. The normalized spacial score (nSPS) is 22.1. The van der Waals surface area contributed by atoms with E-state index in [0.717, 1.165) is 22.3 Å². The molecule has 0 aliphatic carbocycles. The first-order valence-corrected chi connectivity index (χ1v) is 12.1. The van der Waals surface area contributed by atoms with E-state index in [9.17, 15) is 9.59 Å². The van der Waals surface area contributed by atoms with E-state index in [1.165, 1.54) is 0 Å². The van der Waals surface area contributed by atoms with Crippen LogP contribution in [0, 0.1) is 0 Å². The SMILES string of the molecule is C=C(C)COC[C@H]1OC(=O)[C@H](NC(=O)OCc2ccccc2)COC[C@H](OCC(=C)C)[C@H]1OCC(=C)C. The molecule has 1 saturated heterocycles. The molecule has 0 bridgehead atoms. The summed E-state index contributed by atoms with van der Waals surface area (Å²) in [5, 5.41) is 2.53. The second-order valence-corrected chi connectivity index (χ2v) is 9.28. The topological polar surface area (TPSA) is 102 Å². The summed E-state index contributed by atoms with van der Waals surface area (Å²) < 4.78 is 34.7. The van der Waals surface area contributed by atoms with Gasteiger partial charge in [0.05, 0.1) is 39.6 Å². The summed E-state index contributed by atoms with van der Waals surface area (Å²) in [5.41, 5.74) is 3.22. The van der Waals surface area contributed by atoms with Gasteiger partial charge in [0.25, 0.3) is 0 Å². The zero-order chi connectivity index (χ0) is 27.2. The molecule has 1 aromatic carbocycles. The van der Waals surface area contributed by atoms with Crippen molar-refractivity contribution in [3.8, 4) is 0 Å².